The first kappa shape index (κ1) is 9.71. The second-order valence-electron chi connectivity index (χ2n) is 3.25. The lowest BCUT2D eigenvalue weighted by molar-refractivity contribution is 0.434. The van der Waals surface area contributed by atoms with Crippen molar-refractivity contribution in [2.24, 2.45) is 0 Å². The molecule has 0 fully saturated rings. The van der Waals surface area contributed by atoms with Crippen molar-refractivity contribution in [3.05, 3.63) is 48.5 Å². The summed E-state index contributed by atoms with van der Waals surface area (Å²) < 4.78 is 13.5. The molecule has 0 aliphatic carbocycles. The highest BCUT2D eigenvalue weighted by atomic mass is 19.2. The van der Waals surface area contributed by atoms with Gasteiger partial charge in [0.2, 0.25) is 0 Å². The van der Waals surface area contributed by atoms with Gasteiger partial charge >= 0.3 is 0 Å². The minimum absolute atomic E-state index is 0.326. The van der Waals surface area contributed by atoms with E-state index in [0.29, 0.717) is 18.7 Å². The smallest absolute Gasteiger partial charge is 0.0921 e. The van der Waals surface area contributed by atoms with E-state index >= 15 is 0 Å². The van der Waals surface area contributed by atoms with Gasteiger partial charge in [-0.15, -0.1) is 0 Å². The molecule has 4 heteroatoms. The molecule has 78 valence electrons. The fourth-order valence-corrected chi connectivity index (χ4v) is 1.36. The molecule has 1 aromatic carbocycles. The first-order valence-electron chi connectivity index (χ1n) is 4.82. The molecule has 0 amide bonds. The van der Waals surface area contributed by atoms with E-state index in [1.807, 2.05) is 18.2 Å². The number of nitrogens with one attached hydrogen (secondary N) is 1. The SMILES string of the molecule is FN(CCc1cnc[nH]1)c1ccccc1. The van der Waals surface area contributed by atoms with Crippen molar-refractivity contribution in [2.75, 3.05) is 11.7 Å². The molecule has 0 aliphatic heterocycles. The van der Waals surface area contributed by atoms with Crippen molar-refractivity contribution in [1.29, 1.82) is 0 Å². The van der Waals surface area contributed by atoms with Gasteiger partial charge in [0.15, 0.2) is 0 Å². The van der Waals surface area contributed by atoms with Gasteiger partial charge in [0.05, 0.1) is 18.6 Å². The summed E-state index contributed by atoms with van der Waals surface area (Å²) in [6.45, 7) is 0.326. The zero-order valence-corrected chi connectivity index (χ0v) is 8.23. The lowest BCUT2D eigenvalue weighted by Crippen LogP contribution is -2.15. The topological polar surface area (TPSA) is 31.9 Å². The molecule has 0 saturated heterocycles. The summed E-state index contributed by atoms with van der Waals surface area (Å²) in [7, 11) is 0. The van der Waals surface area contributed by atoms with Gasteiger partial charge in [0.25, 0.3) is 0 Å². The van der Waals surface area contributed by atoms with Gasteiger partial charge in [-0.3, -0.25) is 0 Å². The van der Waals surface area contributed by atoms with Gasteiger partial charge < -0.3 is 4.98 Å². The molecule has 0 bridgehead atoms. The lowest BCUT2D eigenvalue weighted by Gasteiger charge is -2.12. The summed E-state index contributed by atoms with van der Waals surface area (Å²) in [4.78, 5) is 6.82. The second-order valence-corrected chi connectivity index (χ2v) is 3.25. The van der Waals surface area contributed by atoms with E-state index in [1.165, 1.54) is 0 Å². The number of rotatable bonds is 4. The number of hydrogen-bond donors (Lipinski definition) is 1. The Morgan fingerprint density at radius 1 is 1.27 bits per heavy atom. The van der Waals surface area contributed by atoms with E-state index in [0.717, 1.165) is 10.8 Å². The second kappa shape index (κ2) is 4.59. The molecule has 1 heterocycles. The van der Waals surface area contributed by atoms with Gasteiger partial charge in [0.1, 0.15) is 0 Å². The predicted octanol–water partition coefficient (Wildman–Crippen LogP) is 2.34. The Hall–Kier alpha value is -1.84. The third kappa shape index (κ3) is 2.56. The molecule has 0 unspecified atom stereocenters. The monoisotopic (exact) mass is 205 g/mol. The van der Waals surface area contributed by atoms with Gasteiger partial charge in [-0.05, 0) is 12.1 Å². The van der Waals surface area contributed by atoms with Crippen LogP contribution < -0.4 is 5.12 Å². The summed E-state index contributed by atoms with van der Waals surface area (Å²) in [5.74, 6) is 0. The molecule has 1 N–H and O–H groups in total. The first-order chi connectivity index (χ1) is 7.36. The summed E-state index contributed by atoms with van der Waals surface area (Å²) in [5, 5.41) is 0.737. The number of benzene rings is 1. The summed E-state index contributed by atoms with van der Waals surface area (Å²) in [5.41, 5.74) is 1.52. The van der Waals surface area contributed by atoms with Gasteiger partial charge in [-0.2, -0.15) is 0 Å². The normalized spacial score (nSPS) is 10.2. The minimum Gasteiger partial charge on any atom is -0.348 e. The standard InChI is InChI=1S/C11H12FN3/c12-15(11-4-2-1-3-5-11)7-6-10-8-13-9-14-10/h1-5,8-9H,6-7H2,(H,13,14). The number of halogens is 1. The fourth-order valence-electron chi connectivity index (χ4n) is 1.36. The predicted molar refractivity (Wildman–Crippen MR) is 57.2 cm³/mol. The van der Waals surface area contributed by atoms with Crippen LogP contribution in [0.5, 0.6) is 0 Å². The van der Waals surface area contributed by atoms with Crippen molar-refractivity contribution >= 4 is 5.69 Å². The van der Waals surface area contributed by atoms with Crippen molar-refractivity contribution in [3.8, 4) is 0 Å². The third-order valence-corrected chi connectivity index (χ3v) is 2.17. The van der Waals surface area contributed by atoms with E-state index < -0.39 is 0 Å². The average molecular weight is 205 g/mol. The number of aromatic amines is 1. The van der Waals surface area contributed by atoms with Crippen molar-refractivity contribution in [2.45, 2.75) is 6.42 Å². The minimum atomic E-state index is 0.326. The van der Waals surface area contributed by atoms with Crippen LogP contribution in [0.15, 0.2) is 42.9 Å². The summed E-state index contributed by atoms with van der Waals surface area (Å²) in [6.07, 6.45) is 3.92. The Labute approximate surface area is 87.5 Å². The van der Waals surface area contributed by atoms with E-state index in [2.05, 4.69) is 9.97 Å². The van der Waals surface area contributed by atoms with E-state index in [9.17, 15) is 4.48 Å². The Bertz CT molecular complexity index is 385. The maximum atomic E-state index is 13.5. The molecular formula is C11H12FN3. The lowest BCUT2D eigenvalue weighted by atomic mass is 10.3. The van der Waals surface area contributed by atoms with Crippen LogP contribution in [-0.4, -0.2) is 16.5 Å². The van der Waals surface area contributed by atoms with Crippen LogP contribution in [0.2, 0.25) is 0 Å². The zero-order valence-electron chi connectivity index (χ0n) is 8.23. The van der Waals surface area contributed by atoms with Crippen molar-refractivity contribution < 1.29 is 4.48 Å². The van der Waals surface area contributed by atoms with Gasteiger partial charge in [-0.25, -0.2) is 10.1 Å². The van der Waals surface area contributed by atoms with E-state index in [1.54, 1.807) is 24.7 Å². The summed E-state index contributed by atoms with van der Waals surface area (Å²) >= 11 is 0. The zero-order chi connectivity index (χ0) is 10.5. The number of para-hydroxylation sites is 1. The van der Waals surface area contributed by atoms with Crippen LogP contribution in [0.4, 0.5) is 10.2 Å². The molecule has 1 aromatic heterocycles. The van der Waals surface area contributed by atoms with Crippen LogP contribution in [0.3, 0.4) is 0 Å². The molecule has 0 atom stereocenters. The van der Waals surface area contributed by atoms with Crippen molar-refractivity contribution in [3.63, 3.8) is 0 Å². The maximum absolute atomic E-state index is 13.5. The van der Waals surface area contributed by atoms with E-state index in [-0.39, 0.29) is 0 Å². The number of hydrogen-bond acceptors (Lipinski definition) is 2. The number of anilines is 1. The van der Waals surface area contributed by atoms with Gasteiger partial charge in [0, 0.05) is 18.3 Å². The van der Waals surface area contributed by atoms with Gasteiger partial charge in [-0.1, -0.05) is 22.7 Å². The summed E-state index contributed by atoms with van der Waals surface area (Å²) in [6, 6.07) is 8.99. The largest absolute Gasteiger partial charge is 0.348 e. The Balaban J connectivity index is 1.90. The Morgan fingerprint density at radius 2 is 2.07 bits per heavy atom. The molecule has 0 spiro atoms. The van der Waals surface area contributed by atoms with Crippen LogP contribution in [-0.2, 0) is 6.42 Å². The number of imidazole rings is 1. The molecule has 2 rings (SSSR count). The maximum Gasteiger partial charge on any atom is 0.0921 e. The molecule has 0 aliphatic rings. The van der Waals surface area contributed by atoms with Crippen LogP contribution in [0.1, 0.15) is 5.69 Å². The number of nitrogens with zero attached hydrogens (tertiary/aromatic N) is 2. The first-order valence-corrected chi connectivity index (χ1v) is 4.82. The fraction of sp³-hybridized carbons (Fsp3) is 0.182. The molecule has 3 nitrogen and oxygen atoms in total. The van der Waals surface area contributed by atoms with Crippen LogP contribution >= 0.6 is 0 Å². The highest BCUT2D eigenvalue weighted by Crippen LogP contribution is 2.13. The van der Waals surface area contributed by atoms with Crippen LogP contribution in [0.25, 0.3) is 0 Å². The molecule has 15 heavy (non-hydrogen) atoms. The third-order valence-electron chi connectivity index (χ3n) is 2.17. The quantitative estimate of drug-likeness (QED) is 0.777. The highest BCUT2D eigenvalue weighted by molar-refractivity contribution is 5.43. The molecule has 2 aromatic rings. The number of aromatic nitrogens is 2. The van der Waals surface area contributed by atoms with E-state index in [4.69, 9.17) is 0 Å². The molecule has 0 radical (unpaired) electrons. The molecular weight excluding hydrogens is 193 g/mol. The molecule has 0 saturated carbocycles. The Kier molecular flexibility index (Phi) is 2.97. The average Bonchev–Trinajstić information content (AvgIpc) is 2.80. The Morgan fingerprint density at radius 3 is 2.73 bits per heavy atom. The number of H-pyrrole nitrogens is 1. The highest BCUT2D eigenvalue weighted by Gasteiger charge is 2.04. The van der Waals surface area contributed by atoms with Crippen LogP contribution in [0, 0.1) is 0 Å². The van der Waals surface area contributed by atoms with Crippen molar-refractivity contribution in [1.82, 2.24) is 9.97 Å².